The second kappa shape index (κ2) is 5.96. The van der Waals surface area contributed by atoms with Crippen molar-refractivity contribution in [3.05, 3.63) is 23.8 Å². The summed E-state index contributed by atoms with van der Waals surface area (Å²) in [4.78, 5) is 11.5. The smallest absolute Gasteiger partial charge is 0.337 e. The van der Waals surface area contributed by atoms with Crippen molar-refractivity contribution in [2.24, 2.45) is 11.3 Å². The summed E-state index contributed by atoms with van der Waals surface area (Å²) in [7, 11) is 1.37. The molecule has 1 aliphatic rings. The normalized spacial score (nSPS) is 24.4. The highest BCUT2D eigenvalue weighted by atomic mass is 16.5. The number of carbonyl (C=O) groups is 1. The fraction of sp³-hybridized carbons (Fsp3) is 0.588. The third kappa shape index (κ3) is 3.90. The molecule has 0 spiro atoms. The molecule has 2 atom stereocenters. The van der Waals surface area contributed by atoms with Gasteiger partial charge in [-0.15, -0.1) is 0 Å². The minimum Gasteiger partial charge on any atom is -0.465 e. The van der Waals surface area contributed by atoms with E-state index in [2.05, 4.69) is 26.1 Å². The molecule has 0 aromatic heterocycles. The Balaban J connectivity index is 2.11. The van der Waals surface area contributed by atoms with Crippen molar-refractivity contribution in [2.45, 2.75) is 46.1 Å². The van der Waals surface area contributed by atoms with Crippen molar-refractivity contribution in [1.82, 2.24) is 0 Å². The Bertz CT molecular complexity index is 526. The van der Waals surface area contributed by atoms with Crippen LogP contribution in [0.15, 0.2) is 18.2 Å². The van der Waals surface area contributed by atoms with Crippen LogP contribution in [-0.4, -0.2) is 19.1 Å². The van der Waals surface area contributed by atoms with E-state index in [-0.39, 0.29) is 5.97 Å². The highest BCUT2D eigenvalue weighted by Crippen LogP contribution is 2.40. The van der Waals surface area contributed by atoms with Gasteiger partial charge in [0.25, 0.3) is 0 Å². The fourth-order valence-electron chi connectivity index (χ4n) is 3.61. The molecule has 21 heavy (non-hydrogen) atoms. The van der Waals surface area contributed by atoms with Crippen LogP contribution in [0.1, 0.15) is 50.4 Å². The number of anilines is 2. The molecule has 1 saturated carbocycles. The van der Waals surface area contributed by atoms with E-state index in [1.807, 2.05) is 6.07 Å². The minimum atomic E-state index is -0.360. The Morgan fingerprint density at radius 1 is 1.38 bits per heavy atom. The van der Waals surface area contributed by atoms with Crippen LogP contribution >= 0.6 is 0 Å². The minimum absolute atomic E-state index is 0.357. The van der Waals surface area contributed by atoms with E-state index in [9.17, 15) is 4.79 Å². The third-order valence-electron chi connectivity index (χ3n) is 4.22. The van der Waals surface area contributed by atoms with Crippen molar-refractivity contribution in [3.8, 4) is 0 Å². The van der Waals surface area contributed by atoms with E-state index in [1.54, 1.807) is 12.1 Å². The van der Waals surface area contributed by atoms with E-state index in [0.717, 1.165) is 18.5 Å². The Hall–Kier alpha value is -1.71. The van der Waals surface area contributed by atoms with Crippen molar-refractivity contribution in [1.29, 1.82) is 0 Å². The molecule has 116 valence electrons. The first-order valence-electron chi connectivity index (χ1n) is 7.55. The summed E-state index contributed by atoms with van der Waals surface area (Å²) in [6.45, 7) is 6.95. The van der Waals surface area contributed by atoms with Gasteiger partial charge in [-0.25, -0.2) is 4.79 Å². The molecule has 0 radical (unpaired) electrons. The summed E-state index contributed by atoms with van der Waals surface area (Å²) in [6, 6.07) is 5.72. The summed E-state index contributed by atoms with van der Waals surface area (Å²) in [5.74, 6) is 0.350. The molecule has 0 heterocycles. The zero-order valence-corrected chi connectivity index (χ0v) is 13.4. The highest BCUT2D eigenvalue weighted by Gasteiger charge is 2.32. The van der Waals surface area contributed by atoms with Gasteiger partial charge in [-0.3, -0.25) is 0 Å². The average Bonchev–Trinajstić information content (AvgIpc) is 2.37. The number of esters is 1. The van der Waals surface area contributed by atoms with Crippen LogP contribution in [-0.2, 0) is 4.74 Å². The first kappa shape index (κ1) is 15.7. The molecule has 4 nitrogen and oxygen atoms in total. The van der Waals surface area contributed by atoms with Crippen LogP contribution < -0.4 is 11.1 Å². The fourth-order valence-corrected chi connectivity index (χ4v) is 3.61. The van der Waals surface area contributed by atoms with E-state index >= 15 is 0 Å². The summed E-state index contributed by atoms with van der Waals surface area (Å²) >= 11 is 0. The first-order chi connectivity index (χ1) is 9.80. The quantitative estimate of drug-likeness (QED) is 0.658. The molecule has 1 aromatic rings. The molecule has 1 aliphatic carbocycles. The topological polar surface area (TPSA) is 64.3 Å². The maximum absolute atomic E-state index is 11.5. The number of nitrogens with one attached hydrogen (secondary N) is 1. The molecule has 0 saturated heterocycles. The molecular weight excluding hydrogens is 264 g/mol. The Morgan fingerprint density at radius 2 is 2.10 bits per heavy atom. The number of benzene rings is 1. The predicted octanol–water partition coefficient (Wildman–Crippen LogP) is 3.68. The molecule has 0 aliphatic heterocycles. The van der Waals surface area contributed by atoms with Crippen LogP contribution in [0.3, 0.4) is 0 Å². The van der Waals surface area contributed by atoms with Crippen LogP contribution in [0.25, 0.3) is 0 Å². The number of nitrogens with two attached hydrogens (primary N) is 1. The molecule has 0 bridgehead atoms. The summed E-state index contributed by atoms with van der Waals surface area (Å²) in [6.07, 6.45) is 3.55. The third-order valence-corrected chi connectivity index (χ3v) is 4.22. The van der Waals surface area contributed by atoms with Crippen molar-refractivity contribution in [3.63, 3.8) is 0 Å². The molecular formula is C17H26N2O2. The van der Waals surface area contributed by atoms with Gasteiger partial charge in [-0.05, 0) is 48.8 Å². The Morgan fingerprint density at radius 3 is 2.67 bits per heavy atom. The predicted molar refractivity (Wildman–Crippen MR) is 86.4 cm³/mol. The van der Waals surface area contributed by atoms with Crippen molar-refractivity contribution in [2.75, 3.05) is 18.2 Å². The SMILES string of the molecule is COC(=O)c1ccc(N[C@@H]2C[C@H](C)CC(C)(C)C2)c(N)c1. The summed E-state index contributed by atoms with van der Waals surface area (Å²) in [5.41, 5.74) is 8.40. The maximum Gasteiger partial charge on any atom is 0.337 e. The van der Waals surface area contributed by atoms with Gasteiger partial charge in [0, 0.05) is 6.04 Å². The van der Waals surface area contributed by atoms with E-state index in [1.165, 1.54) is 13.5 Å². The largest absolute Gasteiger partial charge is 0.465 e. The maximum atomic E-state index is 11.5. The lowest BCUT2D eigenvalue weighted by atomic mass is 9.70. The number of nitrogen functional groups attached to an aromatic ring is 1. The highest BCUT2D eigenvalue weighted by molar-refractivity contribution is 5.91. The molecule has 1 aromatic carbocycles. The van der Waals surface area contributed by atoms with Crippen LogP contribution in [0.5, 0.6) is 0 Å². The number of rotatable bonds is 3. The van der Waals surface area contributed by atoms with E-state index < -0.39 is 0 Å². The lowest BCUT2D eigenvalue weighted by Crippen LogP contribution is -2.35. The van der Waals surface area contributed by atoms with Gasteiger partial charge >= 0.3 is 5.97 Å². The van der Waals surface area contributed by atoms with Gasteiger partial charge < -0.3 is 15.8 Å². The van der Waals surface area contributed by atoms with Crippen molar-refractivity contribution >= 4 is 17.3 Å². The molecule has 3 N–H and O–H groups in total. The monoisotopic (exact) mass is 290 g/mol. The number of carbonyl (C=O) groups excluding carboxylic acids is 1. The van der Waals surface area contributed by atoms with Crippen molar-refractivity contribution < 1.29 is 9.53 Å². The zero-order chi connectivity index (χ0) is 15.6. The first-order valence-corrected chi connectivity index (χ1v) is 7.55. The lowest BCUT2D eigenvalue weighted by Gasteiger charge is -2.39. The molecule has 0 amide bonds. The van der Waals surface area contributed by atoms with E-state index in [4.69, 9.17) is 10.5 Å². The second-order valence-electron chi connectivity index (χ2n) is 7.05. The van der Waals surface area contributed by atoms with Gasteiger partial charge in [-0.1, -0.05) is 20.8 Å². The zero-order valence-electron chi connectivity index (χ0n) is 13.4. The van der Waals surface area contributed by atoms with Gasteiger partial charge in [0.1, 0.15) is 0 Å². The van der Waals surface area contributed by atoms with Crippen LogP contribution in [0.2, 0.25) is 0 Å². The second-order valence-corrected chi connectivity index (χ2v) is 7.05. The Kier molecular flexibility index (Phi) is 4.45. The Labute approximate surface area is 127 Å². The van der Waals surface area contributed by atoms with Crippen LogP contribution in [0, 0.1) is 11.3 Å². The number of hydrogen-bond acceptors (Lipinski definition) is 4. The molecule has 1 fully saturated rings. The molecule has 0 unspecified atom stereocenters. The standard InChI is InChI=1S/C17H26N2O2/c1-11-7-13(10-17(2,3)9-11)19-15-6-5-12(8-14(15)18)16(20)21-4/h5-6,8,11,13,19H,7,9-10,18H2,1-4H3/t11-,13+/m0/s1. The number of ether oxygens (including phenoxy) is 1. The summed E-state index contributed by atoms with van der Waals surface area (Å²) < 4.78 is 4.71. The molecule has 4 heteroatoms. The summed E-state index contributed by atoms with van der Waals surface area (Å²) in [5, 5.41) is 3.54. The van der Waals surface area contributed by atoms with Gasteiger partial charge in [-0.2, -0.15) is 0 Å². The van der Waals surface area contributed by atoms with Gasteiger partial charge in [0.2, 0.25) is 0 Å². The van der Waals surface area contributed by atoms with Gasteiger partial charge in [0.15, 0.2) is 0 Å². The van der Waals surface area contributed by atoms with Gasteiger partial charge in [0.05, 0.1) is 24.0 Å². The van der Waals surface area contributed by atoms with E-state index in [0.29, 0.717) is 28.6 Å². The number of methoxy groups -OCH3 is 1. The van der Waals surface area contributed by atoms with Crippen LogP contribution in [0.4, 0.5) is 11.4 Å². The average molecular weight is 290 g/mol. The number of hydrogen-bond donors (Lipinski definition) is 2. The lowest BCUT2D eigenvalue weighted by molar-refractivity contribution is 0.0601. The molecule has 2 rings (SSSR count).